The minimum Gasteiger partial charge on any atom is -0.383 e. The number of thioether (sulfide) groups is 1. The highest BCUT2D eigenvalue weighted by Crippen LogP contribution is 2.16. The number of amides is 2. The molecular weight excluding hydrogens is 350 g/mol. The van der Waals surface area contributed by atoms with E-state index >= 15 is 0 Å². The van der Waals surface area contributed by atoms with Crippen LogP contribution in [0.15, 0.2) is 35.5 Å². The van der Waals surface area contributed by atoms with Crippen molar-refractivity contribution in [2.24, 2.45) is 0 Å². The van der Waals surface area contributed by atoms with Gasteiger partial charge in [-0.3, -0.25) is 30.6 Å². The second-order valence-corrected chi connectivity index (χ2v) is 5.54. The van der Waals surface area contributed by atoms with E-state index in [1.54, 1.807) is 0 Å². The van der Waals surface area contributed by atoms with Crippen LogP contribution in [0.5, 0.6) is 0 Å². The van der Waals surface area contributed by atoms with Crippen LogP contribution < -0.4 is 22.3 Å². The standard InChI is InChI=1S/C13H13N7O4S/c14-9-5-10(15)17-13(16-9)25-6-11(21)18-19-12(22)7-2-1-3-8(4-7)20(23)24/h1-5H,6H2,(H,18,21)(H,19,22)(H4,14,15,16,17). The number of hydrogen-bond donors (Lipinski definition) is 4. The van der Waals surface area contributed by atoms with Gasteiger partial charge in [-0.25, -0.2) is 9.97 Å². The maximum Gasteiger partial charge on any atom is 0.270 e. The molecule has 0 aliphatic rings. The lowest BCUT2D eigenvalue weighted by Gasteiger charge is -2.07. The molecule has 0 aliphatic carbocycles. The lowest BCUT2D eigenvalue weighted by Crippen LogP contribution is -2.42. The quantitative estimate of drug-likeness (QED) is 0.248. The summed E-state index contributed by atoms with van der Waals surface area (Å²) in [6, 6.07) is 6.48. The Morgan fingerprint density at radius 1 is 1.16 bits per heavy atom. The Morgan fingerprint density at radius 2 is 1.84 bits per heavy atom. The van der Waals surface area contributed by atoms with Crippen molar-refractivity contribution in [2.75, 3.05) is 17.2 Å². The molecule has 1 aromatic heterocycles. The van der Waals surface area contributed by atoms with Crippen LogP contribution in [0.25, 0.3) is 0 Å². The van der Waals surface area contributed by atoms with Gasteiger partial charge in [0.2, 0.25) is 5.91 Å². The number of nitrogens with two attached hydrogens (primary N) is 2. The van der Waals surface area contributed by atoms with Crippen LogP contribution in [0.1, 0.15) is 10.4 Å². The average molecular weight is 363 g/mol. The second kappa shape index (κ2) is 7.92. The van der Waals surface area contributed by atoms with E-state index in [9.17, 15) is 19.7 Å². The van der Waals surface area contributed by atoms with Crippen LogP contribution in [-0.2, 0) is 4.79 Å². The summed E-state index contributed by atoms with van der Waals surface area (Å²) in [4.78, 5) is 41.4. The van der Waals surface area contributed by atoms with Gasteiger partial charge >= 0.3 is 0 Å². The second-order valence-electron chi connectivity index (χ2n) is 4.60. The Bertz CT molecular complexity index is 810. The van der Waals surface area contributed by atoms with E-state index in [1.807, 2.05) is 0 Å². The van der Waals surface area contributed by atoms with Crippen LogP contribution in [0.3, 0.4) is 0 Å². The number of nitrogen functional groups attached to an aromatic ring is 2. The summed E-state index contributed by atoms with van der Waals surface area (Å²) >= 11 is 0.976. The number of carbonyl (C=O) groups excluding carboxylic acids is 2. The Morgan fingerprint density at radius 3 is 2.48 bits per heavy atom. The minimum atomic E-state index is -0.688. The zero-order valence-electron chi connectivity index (χ0n) is 12.6. The van der Waals surface area contributed by atoms with Gasteiger partial charge in [-0.15, -0.1) is 0 Å². The van der Waals surface area contributed by atoms with Gasteiger partial charge in [0.25, 0.3) is 11.6 Å². The van der Waals surface area contributed by atoms with Gasteiger partial charge in [-0.2, -0.15) is 0 Å². The Hall–Kier alpha value is -3.41. The molecule has 1 aromatic carbocycles. The SMILES string of the molecule is Nc1cc(N)nc(SCC(=O)NNC(=O)c2cccc([N+](=O)[O-])c2)n1. The molecule has 25 heavy (non-hydrogen) atoms. The molecule has 2 amide bonds. The molecule has 0 radical (unpaired) electrons. The van der Waals surface area contributed by atoms with E-state index in [0.717, 1.165) is 17.8 Å². The first-order valence-corrected chi connectivity index (χ1v) is 7.70. The smallest absolute Gasteiger partial charge is 0.270 e. The molecule has 0 bridgehead atoms. The number of nitrogens with one attached hydrogen (secondary N) is 2. The van der Waals surface area contributed by atoms with Crippen molar-refractivity contribution < 1.29 is 14.5 Å². The highest BCUT2D eigenvalue weighted by Gasteiger charge is 2.12. The number of rotatable bonds is 5. The number of nitro benzene ring substituents is 1. The normalized spacial score (nSPS) is 10.1. The number of hydrogen-bond acceptors (Lipinski definition) is 9. The number of nitro groups is 1. The number of aromatic nitrogens is 2. The summed E-state index contributed by atoms with van der Waals surface area (Å²) in [5, 5.41) is 10.9. The summed E-state index contributed by atoms with van der Waals surface area (Å²) in [6.07, 6.45) is 0. The van der Waals surface area contributed by atoms with Gasteiger partial charge < -0.3 is 11.5 Å². The first-order valence-electron chi connectivity index (χ1n) is 6.71. The molecule has 0 fully saturated rings. The van der Waals surface area contributed by atoms with E-state index in [2.05, 4.69) is 20.8 Å². The van der Waals surface area contributed by atoms with Crippen LogP contribution in [0.4, 0.5) is 17.3 Å². The van der Waals surface area contributed by atoms with E-state index < -0.39 is 16.7 Å². The average Bonchev–Trinajstić information content (AvgIpc) is 2.57. The topological polar surface area (TPSA) is 179 Å². The van der Waals surface area contributed by atoms with Crippen molar-refractivity contribution in [3.05, 3.63) is 46.0 Å². The summed E-state index contributed by atoms with van der Waals surface area (Å²) in [6.45, 7) is 0. The predicted molar refractivity (Wildman–Crippen MR) is 90.3 cm³/mol. The summed E-state index contributed by atoms with van der Waals surface area (Å²) in [5.41, 5.74) is 15.2. The molecule has 130 valence electrons. The fraction of sp³-hybridized carbons (Fsp3) is 0.0769. The third kappa shape index (κ3) is 5.31. The van der Waals surface area contributed by atoms with Crippen molar-refractivity contribution in [3.8, 4) is 0 Å². The number of non-ortho nitro benzene ring substituents is 1. The Labute approximate surface area is 145 Å². The molecule has 2 rings (SSSR count). The van der Waals surface area contributed by atoms with E-state index in [-0.39, 0.29) is 33.8 Å². The van der Waals surface area contributed by atoms with E-state index in [4.69, 9.17) is 11.5 Å². The number of hydrazine groups is 1. The Kier molecular flexibility index (Phi) is 5.68. The fourth-order valence-corrected chi connectivity index (χ4v) is 2.32. The molecule has 0 unspecified atom stereocenters. The third-order valence-electron chi connectivity index (χ3n) is 2.71. The fourth-order valence-electron chi connectivity index (χ4n) is 1.65. The molecule has 0 saturated heterocycles. The third-order valence-corrected chi connectivity index (χ3v) is 3.56. The summed E-state index contributed by atoms with van der Waals surface area (Å²) in [5.74, 6) is -0.971. The molecule has 1 heterocycles. The minimum absolute atomic E-state index is 0.0362. The lowest BCUT2D eigenvalue weighted by molar-refractivity contribution is -0.384. The zero-order chi connectivity index (χ0) is 18.4. The van der Waals surface area contributed by atoms with Crippen LogP contribution in [0.2, 0.25) is 0 Å². The van der Waals surface area contributed by atoms with Crippen LogP contribution >= 0.6 is 11.8 Å². The van der Waals surface area contributed by atoms with E-state index in [0.29, 0.717) is 0 Å². The molecule has 11 nitrogen and oxygen atoms in total. The maximum atomic E-state index is 11.9. The molecular formula is C13H13N7O4S. The molecule has 12 heteroatoms. The highest BCUT2D eigenvalue weighted by atomic mass is 32.2. The Balaban J connectivity index is 1.86. The number of benzene rings is 1. The van der Waals surface area contributed by atoms with Crippen molar-refractivity contribution >= 4 is 40.9 Å². The summed E-state index contributed by atoms with van der Waals surface area (Å²) in [7, 11) is 0. The van der Waals surface area contributed by atoms with Gasteiger partial charge in [0.05, 0.1) is 10.7 Å². The van der Waals surface area contributed by atoms with Gasteiger partial charge in [0.1, 0.15) is 11.6 Å². The molecule has 0 saturated carbocycles. The monoisotopic (exact) mass is 363 g/mol. The highest BCUT2D eigenvalue weighted by molar-refractivity contribution is 7.99. The molecule has 0 spiro atoms. The molecule has 0 atom stereocenters. The van der Waals surface area contributed by atoms with Gasteiger partial charge in [-0.05, 0) is 6.07 Å². The van der Waals surface area contributed by atoms with Crippen molar-refractivity contribution in [3.63, 3.8) is 0 Å². The van der Waals surface area contributed by atoms with Gasteiger partial charge in [0.15, 0.2) is 5.16 Å². The van der Waals surface area contributed by atoms with Crippen LogP contribution in [0, 0.1) is 10.1 Å². The predicted octanol–water partition coefficient (Wildman–Crippen LogP) is 0.103. The summed E-state index contributed by atoms with van der Waals surface area (Å²) < 4.78 is 0. The number of nitrogens with zero attached hydrogens (tertiary/aromatic N) is 3. The van der Waals surface area contributed by atoms with Crippen molar-refractivity contribution in [2.45, 2.75) is 5.16 Å². The molecule has 6 N–H and O–H groups in total. The van der Waals surface area contributed by atoms with Gasteiger partial charge in [0, 0.05) is 23.8 Å². The van der Waals surface area contributed by atoms with Crippen molar-refractivity contribution in [1.82, 2.24) is 20.8 Å². The van der Waals surface area contributed by atoms with Gasteiger partial charge in [-0.1, -0.05) is 17.8 Å². The molecule has 2 aromatic rings. The zero-order valence-corrected chi connectivity index (χ0v) is 13.4. The van der Waals surface area contributed by atoms with E-state index in [1.165, 1.54) is 24.3 Å². The first-order chi connectivity index (χ1) is 11.8. The maximum absolute atomic E-state index is 11.9. The number of carbonyl (C=O) groups is 2. The lowest BCUT2D eigenvalue weighted by atomic mass is 10.2. The van der Waals surface area contributed by atoms with Crippen molar-refractivity contribution in [1.29, 1.82) is 0 Å². The molecule has 0 aliphatic heterocycles. The van der Waals surface area contributed by atoms with Crippen LogP contribution in [-0.4, -0.2) is 32.5 Å². The largest absolute Gasteiger partial charge is 0.383 e. The number of anilines is 2. The first kappa shape index (κ1) is 17.9.